The van der Waals surface area contributed by atoms with E-state index in [4.69, 9.17) is 9.47 Å². The summed E-state index contributed by atoms with van der Waals surface area (Å²) in [6.45, 7) is 4.54. The maximum Gasteiger partial charge on any atom is 0.130 e. The second-order valence-electron chi connectivity index (χ2n) is 6.08. The fraction of sp³-hybridized carbons (Fsp3) is 0.500. The summed E-state index contributed by atoms with van der Waals surface area (Å²) in [4.78, 5) is 0. The van der Waals surface area contributed by atoms with E-state index in [2.05, 4.69) is 6.92 Å². The molecule has 0 aliphatic heterocycles. The van der Waals surface area contributed by atoms with E-state index in [1.165, 1.54) is 19.3 Å². The van der Waals surface area contributed by atoms with Crippen molar-refractivity contribution in [1.29, 1.82) is 0 Å². The molecule has 3 heteroatoms. The molecule has 0 aliphatic rings. The Labute approximate surface area is 139 Å². The fourth-order valence-electron chi connectivity index (χ4n) is 2.88. The third-order valence-electron chi connectivity index (χ3n) is 4.17. The zero-order valence-electron chi connectivity index (χ0n) is 14.5. The third kappa shape index (κ3) is 4.61. The van der Waals surface area contributed by atoms with Gasteiger partial charge in [0.15, 0.2) is 0 Å². The van der Waals surface area contributed by atoms with Crippen LogP contribution in [0.5, 0.6) is 11.5 Å². The van der Waals surface area contributed by atoms with E-state index in [-0.39, 0.29) is 0 Å². The Kier molecular flexibility index (Phi) is 6.72. The van der Waals surface area contributed by atoms with E-state index in [1.807, 2.05) is 37.3 Å². The van der Waals surface area contributed by atoms with Gasteiger partial charge in [-0.2, -0.15) is 0 Å². The van der Waals surface area contributed by atoms with Gasteiger partial charge in [0.05, 0.1) is 13.2 Å². The molecule has 3 nitrogen and oxygen atoms in total. The van der Waals surface area contributed by atoms with Gasteiger partial charge >= 0.3 is 0 Å². The van der Waals surface area contributed by atoms with Crippen molar-refractivity contribution in [3.05, 3.63) is 35.9 Å². The molecule has 0 saturated carbocycles. The number of hydrogen-bond acceptors (Lipinski definition) is 3. The van der Waals surface area contributed by atoms with Crippen molar-refractivity contribution >= 4 is 10.8 Å². The molecular weight excluding hydrogens is 288 g/mol. The van der Waals surface area contributed by atoms with Crippen LogP contribution in [-0.2, 0) is 0 Å². The van der Waals surface area contributed by atoms with Gasteiger partial charge in [0.1, 0.15) is 18.1 Å². The summed E-state index contributed by atoms with van der Waals surface area (Å²) in [5.41, 5.74) is 1.03. The molecule has 0 aromatic heterocycles. The number of benzene rings is 2. The first kappa shape index (κ1) is 17.6. The molecule has 2 rings (SSSR count). The quantitative estimate of drug-likeness (QED) is 0.671. The SMILES string of the molecule is CCCCCCC(O)COc1c(C)cc(OC)c2ccccc12. The molecule has 0 amide bonds. The van der Waals surface area contributed by atoms with E-state index in [9.17, 15) is 5.11 Å². The molecule has 0 heterocycles. The predicted octanol–water partition coefficient (Wildman–Crippen LogP) is 4.87. The van der Waals surface area contributed by atoms with Crippen LogP contribution < -0.4 is 9.47 Å². The smallest absolute Gasteiger partial charge is 0.130 e. The monoisotopic (exact) mass is 316 g/mol. The van der Waals surface area contributed by atoms with Gasteiger partial charge in [-0.25, -0.2) is 0 Å². The average Bonchev–Trinajstić information content (AvgIpc) is 2.57. The summed E-state index contributed by atoms with van der Waals surface area (Å²) in [6, 6.07) is 10.0. The average molecular weight is 316 g/mol. The van der Waals surface area contributed by atoms with Crippen molar-refractivity contribution in [3.63, 3.8) is 0 Å². The maximum atomic E-state index is 10.1. The summed E-state index contributed by atoms with van der Waals surface area (Å²) >= 11 is 0. The van der Waals surface area contributed by atoms with Crippen molar-refractivity contribution in [2.24, 2.45) is 0 Å². The minimum absolute atomic E-state index is 0.337. The zero-order valence-corrected chi connectivity index (χ0v) is 14.5. The Morgan fingerprint density at radius 2 is 1.83 bits per heavy atom. The lowest BCUT2D eigenvalue weighted by atomic mass is 10.0. The normalized spacial score (nSPS) is 12.3. The number of rotatable bonds is 9. The Balaban J connectivity index is 2.07. The number of aryl methyl sites for hydroxylation is 1. The minimum atomic E-state index is -0.410. The number of ether oxygens (including phenoxy) is 2. The first-order chi connectivity index (χ1) is 11.2. The molecule has 1 N–H and O–H groups in total. The number of aliphatic hydroxyl groups excluding tert-OH is 1. The molecule has 0 saturated heterocycles. The van der Waals surface area contributed by atoms with Gasteiger partial charge in [0.2, 0.25) is 0 Å². The number of aliphatic hydroxyl groups is 1. The lowest BCUT2D eigenvalue weighted by Gasteiger charge is -2.17. The molecule has 1 atom stereocenters. The van der Waals surface area contributed by atoms with E-state index >= 15 is 0 Å². The molecule has 23 heavy (non-hydrogen) atoms. The third-order valence-corrected chi connectivity index (χ3v) is 4.17. The lowest BCUT2D eigenvalue weighted by Crippen LogP contribution is -2.17. The van der Waals surface area contributed by atoms with Crippen molar-refractivity contribution in [2.75, 3.05) is 13.7 Å². The molecule has 1 unspecified atom stereocenters. The van der Waals surface area contributed by atoms with Crippen LogP contribution in [0.1, 0.15) is 44.6 Å². The van der Waals surface area contributed by atoms with Crippen LogP contribution in [0.15, 0.2) is 30.3 Å². The van der Waals surface area contributed by atoms with Crippen molar-refractivity contribution in [3.8, 4) is 11.5 Å². The molecule has 126 valence electrons. The Morgan fingerprint density at radius 1 is 1.09 bits per heavy atom. The number of unbranched alkanes of at least 4 members (excludes halogenated alkanes) is 3. The highest BCUT2D eigenvalue weighted by atomic mass is 16.5. The Bertz CT molecular complexity index is 622. The van der Waals surface area contributed by atoms with Crippen LogP contribution in [0.2, 0.25) is 0 Å². The maximum absolute atomic E-state index is 10.1. The highest BCUT2D eigenvalue weighted by molar-refractivity contribution is 5.94. The van der Waals surface area contributed by atoms with Gasteiger partial charge in [-0.15, -0.1) is 0 Å². The highest BCUT2D eigenvalue weighted by Gasteiger charge is 2.13. The molecular formula is C20H28O3. The molecule has 2 aromatic carbocycles. The number of methoxy groups -OCH3 is 1. The Morgan fingerprint density at radius 3 is 2.52 bits per heavy atom. The zero-order chi connectivity index (χ0) is 16.7. The molecule has 0 bridgehead atoms. The van der Waals surface area contributed by atoms with Crippen LogP contribution in [0.3, 0.4) is 0 Å². The van der Waals surface area contributed by atoms with Gasteiger partial charge in [-0.1, -0.05) is 56.9 Å². The molecule has 0 aliphatic carbocycles. The standard InChI is InChI=1S/C20H28O3/c1-4-5-6-7-10-16(21)14-23-20-15(2)13-19(22-3)17-11-8-9-12-18(17)20/h8-9,11-13,16,21H,4-7,10,14H2,1-3H3. The van der Waals surface area contributed by atoms with Crippen LogP contribution in [0.25, 0.3) is 10.8 Å². The van der Waals surface area contributed by atoms with Crippen LogP contribution in [0.4, 0.5) is 0 Å². The van der Waals surface area contributed by atoms with Gasteiger partial charge in [0, 0.05) is 10.8 Å². The van der Waals surface area contributed by atoms with Crippen molar-refractivity contribution in [1.82, 2.24) is 0 Å². The summed E-state index contributed by atoms with van der Waals surface area (Å²) < 4.78 is 11.4. The summed E-state index contributed by atoms with van der Waals surface area (Å²) in [7, 11) is 1.68. The highest BCUT2D eigenvalue weighted by Crippen LogP contribution is 2.36. The van der Waals surface area contributed by atoms with E-state index in [0.29, 0.717) is 6.61 Å². The van der Waals surface area contributed by atoms with Crippen LogP contribution in [-0.4, -0.2) is 24.9 Å². The van der Waals surface area contributed by atoms with Gasteiger partial charge < -0.3 is 14.6 Å². The lowest BCUT2D eigenvalue weighted by molar-refractivity contribution is 0.0979. The van der Waals surface area contributed by atoms with E-state index in [0.717, 1.165) is 40.7 Å². The molecule has 0 spiro atoms. The van der Waals surface area contributed by atoms with Crippen LogP contribution in [0, 0.1) is 6.92 Å². The van der Waals surface area contributed by atoms with Crippen molar-refractivity contribution < 1.29 is 14.6 Å². The van der Waals surface area contributed by atoms with Gasteiger partial charge in [-0.05, 0) is 25.0 Å². The molecule has 0 radical (unpaired) electrons. The second-order valence-corrected chi connectivity index (χ2v) is 6.08. The summed E-state index contributed by atoms with van der Waals surface area (Å²) in [5, 5.41) is 12.2. The second kappa shape index (κ2) is 8.78. The topological polar surface area (TPSA) is 38.7 Å². The van der Waals surface area contributed by atoms with Crippen LogP contribution >= 0.6 is 0 Å². The Hall–Kier alpha value is -1.74. The largest absolute Gasteiger partial charge is 0.496 e. The first-order valence-corrected chi connectivity index (χ1v) is 8.54. The van der Waals surface area contributed by atoms with Crippen molar-refractivity contribution in [2.45, 2.75) is 52.1 Å². The van der Waals surface area contributed by atoms with E-state index < -0.39 is 6.10 Å². The number of fused-ring (bicyclic) bond motifs is 1. The molecule has 2 aromatic rings. The van der Waals surface area contributed by atoms with E-state index in [1.54, 1.807) is 7.11 Å². The summed E-state index contributed by atoms with van der Waals surface area (Å²) in [5.74, 6) is 1.69. The summed E-state index contributed by atoms with van der Waals surface area (Å²) in [6.07, 6.45) is 5.07. The fourth-order valence-corrected chi connectivity index (χ4v) is 2.88. The van der Waals surface area contributed by atoms with Gasteiger partial charge in [0.25, 0.3) is 0 Å². The minimum Gasteiger partial charge on any atom is -0.496 e. The predicted molar refractivity (Wildman–Crippen MR) is 95.5 cm³/mol. The number of hydrogen-bond donors (Lipinski definition) is 1. The molecule has 0 fully saturated rings. The van der Waals surface area contributed by atoms with Gasteiger partial charge in [-0.3, -0.25) is 0 Å². The first-order valence-electron chi connectivity index (χ1n) is 8.54.